The molecule has 0 fully saturated rings. The summed E-state index contributed by atoms with van der Waals surface area (Å²) in [4.78, 5) is 24.1. The summed E-state index contributed by atoms with van der Waals surface area (Å²) in [5, 5.41) is 20.9. The van der Waals surface area contributed by atoms with Crippen molar-refractivity contribution in [3.63, 3.8) is 0 Å². The molecule has 30 heavy (non-hydrogen) atoms. The van der Waals surface area contributed by atoms with E-state index in [9.17, 15) is 14.7 Å². The largest absolute Gasteiger partial charge is 0.489 e. The van der Waals surface area contributed by atoms with Gasteiger partial charge in [-0.3, -0.25) is 4.79 Å². The standard InChI is InChI=1S/C24H20N2O4/c25-15-17-9-11-20(12-10-17)23(27)26-22(24(28)29)14-19-7-4-8-21(13-19)30-16-18-5-2-1-3-6-18/h1-13,22H,14,16H2,(H,26,27)(H,28,29)/t22-/m1/s1. The van der Waals surface area contributed by atoms with E-state index in [1.54, 1.807) is 24.3 Å². The topological polar surface area (TPSA) is 99.4 Å². The molecule has 6 nitrogen and oxygen atoms in total. The van der Waals surface area contributed by atoms with Crippen LogP contribution in [0.1, 0.15) is 27.0 Å². The molecule has 0 aliphatic carbocycles. The van der Waals surface area contributed by atoms with E-state index in [1.165, 1.54) is 24.3 Å². The quantitative estimate of drug-likeness (QED) is 0.602. The van der Waals surface area contributed by atoms with Crippen LogP contribution in [-0.4, -0.2) is 23.0 Å². The summed E-state index contributed by atoms with van der Waals surface area (Å²) in [6.07, 6.45) is 0.111. The Hall–Kier alpha value is -4.11. The molecule has 0 aliphatic rings. The first-order valence-corrected chi connectivity index (χ1v) is 9.34. The molecule has 150 valence electrons. The SMILES string of the molecule is N#Cc1ccc(C(=O)N[C@H](Cc2cccc(OCc3ccccc3)c2)C(=O)O)cc1. The Balaban J connectivity index is 1.65. The molecule has 3 rings (SSSR count). The molecule has 2 N–H and O–H groups in total. The smallest absolute Gasteiger partial charge is 0.326 e. The second-order valence-corrected chi connectivity index (χ2v) is 6.68. The van der Waals surface area contributed by atoms with Crippen LogP contribution >= 0.6 is 0 Å². The van der Waals surface area contributed by atoms with Gasteiger partial charge in [0.1, 0.15) is 18.4 Å². The third-order valence-corrected chi connectivity index (χ3v) is 4.47. The number of carboxylic acid groups (broad SMARTS) is 1. The van der Waals surface area contributed by atoms with Crippen molar-refractivity contribution >= 4 is 11.9 Å². The number of amides is 1. The van der Waals surface area contributed by atoms with Gasteiger partial charge in [0.05, 0.1) is 11.6 Å². The summed E-state index contributed by atoms with van der Waals surface area (Å²) in [7, 11) is 0. The first-order chi connectivity index (χ1) is 14.5. The number of nitriles is 1. The molecule has 0 saturated heterocycles. The number of carboxylic acids is 1. The lowest BCUT2D eigenvalue weighted by Crippen LogP contribution is -2.42. The highest BCUT2D eigenvalue weighted by atomic mass is 16.5. The lowest BCUT2D eigenvalue weighted by Gasteiger charge is -2.15. The number of benzene rings is 3. The van der Waals surface area contributed by atoms with Crippen LogP contribution in [0.5, 0.6) is 5.75 Å². The van der Waals surface area contributed by atoms with Crippen molar-refractivity contribution in [1.29, 1.82) is 5.26 Å². The first kappa shape index (κ1) is 20.6. The van der Waals surface area contributed by atoms with Gasteiger partial charge in [-0.2, -0.15) is 5.26 Å². The minimum atomic E-state index is -1.13. The average Bonchev–Trinajstić information content (AvgIpc) is 2.78. The highest BCUT2D eigenvalue weighted by Gasteiger charge is 2.21. The molecular formula is C24H20N2O4. The third-order valence-electron chi connectivity index (χ3n) is 4.47. The molecule has 3 aromatic rings. The van der Waals surface area contributed by atoms with E-state index < -0.39 is 17.9 Å². The first-order valence-electron chi connectivity index (χ1n) is 9.34. The predicted octanol–water partition coefficient (Wildman–Crippen LogP) is 3.56. The van der Waals surface area contributed by atoms with Gasteiger partial charge in [-0.15, -0.1) is 0 Å². The number of hydrogen-bond donors (Lipinski definition) is 2. The Bertz CT molecular complexity index is 1060. The van der Waals surface area contributed by atoms with Crippen molar-refractivity contribution in [2.45, 2.75) is 19.1 Å². The maximum atomic E-state index is 12.4. The Morgan fingerprint density at radius 1 is 0.967 bits per heavy atom. The average molecular weight is 400 g/mol. The molecule has 0 spiro atoms. The molecule has 0 aromatic heterocycles. The fourth-order valence-electron chi connectivity index (χ4n) is 2.88. The molecule has 0 unspecified atom stereocenters. The zero-order valence-corrected chi connectivity index (χ0v) is 16.1. The number of hydrogen-bond acceptors (Lipinski definition) is 4. The van der Waals surface area contributed by atoms with E-state index in [4.69, 9.17) is 10.00 Å². The van der Waals surface area contributed by atoms with Crippen LogP contribution < -0.4 is 10.1 Å². The molecular weight excluding hydrogens is 380 g/mol. The Morgan fingerprint density at radius 3 is 2.33 bits per heavy atom. The van der Waals surface area contributed by atoms with Gasteiger partial charge < -0.3 is 15.2 Å². The fourth-order valence-corrected chi connectivity index (χ4v) is 2.88. The van der Waals surface area contributed by atoms with Crippen molar-refractivity contribution < 1.29 is 19.4 Å². The van der Waals surface area contributed by atoms with Crippen molar-refractivity contribution in [1.82, 2.24) is 5.32 Å². The molecule has 0 bridgehead atoms. The highest BCUT2D eigenvalue weighted by molar-refractivity contribution is 5.96. The molecule has 1 atom stereocenters. The summed E-state index contributed by atoms with van der Waals surface area (Å²) in [5.74, 6) is -1.02. The maximum Gasteiger partial charge on any atom is 0.326 e. The van der Waals surface area contributed by atoms with E-state index in [2.05, 4.69) is 5.32 Å². The van der Waals surface area contributed by atoms with Crippen molar-refractivity contribution in [2.24, 2.45) is 0 Å². The van der Waals surface area contributed by atoms with Crippen LogP contribution in [0.4, 0.5) is 0 Å². The number of aliphatic carboxylic acids is 1. The van der Waals surface area contributed by atoms with Gasteiger partial charge in [-0.05, 0) is 47.5 Å². The molecule has 0 heterocycles. The van der Waals surface area contributed by atoms with Gasteiger partial charge >= 0.3 is 5.97 Å². The number of nitrogens with zero attached hydrogens (tertiary/aromatic N) is 1. The molecule has 0 radical (unpaired) electrons. The van der Waals surface area contributed by atoms with Crippen molar-refractivity contribution in [3.05, 3.63) is 101 Å². The monoisotopic (exact) mass is 400 g/mol. The van der Waals surface area contributed by atoms with E-state index in [1.807, 2.05) is 36.4 Å². The van der Waals surface area contributed by atoms with Gasteiger partial charge in [0.2, 0.25) is 0 Å². The fraction of sp³-hybridized carbons (Fsp3) is 0.125. The predicted molar refractivity (Wildman–Crippen MR) is 111 cm³/mol. The molecule has 1 amide bonds. The van der Waals surface area contributed by atoms with Gasteiger partial charge in [0.25, 0.3) is 5.91 Å². The van der Waals surface area contributed by atoms with Crippen molar-refractivity contribution in [3.8, 4) is 11.8 Å². The maximum absolute atomic E-state index is 12.4. The summed E-state index contributed by atoms with van der Waals surface area (Å²) in [6, 6.07) is 23.8. The molecule has 0 aliphatic heterocycles. The molecule has 3 aromatic carbocycles. The number of carbonyl (C=O) groups is 2. The van der Waals surface area contributed by atoms with Crippen LogP contribution in [0.3, 0.4) is 0 Å². The van der Waals surface area contributed by atoms with Crippen LogP contribution in [0.2, 0.25) is 0 Å². The minimum absolute atomic E-state index is 0.111. The van der Waals surface area contributed by atoms with Crippen LogP contribution in [-0.2, 0) is 17.8 Å². The van der Waals surface area contributed by atoms with Gasteiger partial charge in [0.15, 0.2) is 0 Å². The lowest BCUT2D eigenvalue weighted by atomic mass is 10.0. The van der Waals surface area contributed by atoms with Crippen LogP contribution in [0, 0.1) is 11.3 Å². The van der Waals surface area contributed by atoms with Crippen molar-refractivity contribution in [2.75, 3.05) is 0 Å². The number of nitrogens with one attached hydrogen (secondary N) is 1. The Labute approximate surface area is 174 Å². The second kappa shape index (κ2) is 9.89. The van der Waals surface area contributed by atoms with E-state index in [0.29, 0.717) is 23.5 Å². The van der Waals surface area contributed by atoms with Gasteiger partial charge in [-0.25, -0.2) is 4.79 Å². The summed E-state index contributed by atoms with van der Waals surface area (Å²) in [6.45, 7) is 0.405. The second-order valence-electron chi connectivity index (χ2n) is 6.68. The highest BCUT2D eigenvalue weighted by Crippen LogP contribution is 2.17. The zero-order chi connectivity index (χ0) is 21.3. The van der Waals surface area contributed by atoms with Crippen LogP contribution in [0.25, 0.3) is 0 Å². The number of ether oxygens (including phenoxy) is 1. The normalized spacial score (nSPS) is 11.2. The number of carbonyl (C=O) groups excluding carboxylic acids is 1. The summed E-state index contributed by atoms with van der Waals surface area (Å²) >= 11 is 0. The molecule has 6 heteroatoms. The molecule has 0 saturated carbocycles. The van der Waals surface area contributed by atoms with Gasteiger partial charge in [0, 0.05) is 12.0 Å². The van der Waals surface area contributed by atoms with E-state index >= 15 is 0 Å². The van der Waals surface area contributed by atoms with Gasteiger partial charge in [-0.1, -0.05) is 42.5 Å². The minimum Gasteiger partial charge on any atom is -0.489 e. The number of rotatable bonds is 8. The zero-order valence-electron chi connectivity index (χ0n) is 16.1. The summed E-state index contributed by atoms with van der Waals surface area (Å²) in [5.41, 5.74) is 2.47. The lowest BCUT2D eigenvalue weighted by molar-refractivity contribution is -0.139. The summed E-state index contributed by atoms with van der Waals surface area (Å²) < 4.78 is 5.79. The van der Waals surface area contributed by atoms with E-state index in [-0.39, 0.29) is 6.42 Å². The van der Waals surface area contributed by atoms with Crippen LogP contribution in [0.15, 0.2) is 78.9 Å². The Kier molecular flexibility index (Phi) is 6.80. The third kappa shape index (κ3) is 5.69. The Morgan fingerprint density at radius 2 is 1.67 bits per heavy atom. The van der Waals surface area contributed by atoms with E-state index in [0.717, 1.165) is 11.1 Å².